The lowest BCUT2D eigenvalue weighted by Crippen LogP contribution is -2.36. The van der Waals surface area contributed by atoms with Gasteiger partial charge in [-0.15, -0.1) is 0 Å². The van der Waals surface area contributed by atoms with Crippen LogP contribution in [0.25, 0.3) is 0 Å². The van der Waals surface area contributed by atoms with E-state index in [1.807, 2.05) is 0 Å². The van der Waals surface area contributed by atoms with Gasteiger partial charge in [-0.1, -0.05) is 6.92 Å². The van der Waals surface area contributed by atoms with Gasteiger partial charge < -0.3 is 9.80 Å². The molecular weight excluding hydrogens is 136 g/mol. The SMILES string of the molecule is CCN1CCCCN(C)CC1. The van der Waals surface area contributed by atoms with E-state index >= 15 is 0 Å². The molecule has 1 heterocycles. The van der Waals surface area contributed by atoms with E-state index in [4.69, 9.17) is 0 Å². The van der Waals surface area contributed by atoms with E-state index in [9.17, 15) is 0 Å². The van der Waals surface area contributed by atoms with Gasteiger partial charge in [-0.2, -0.15) is 0 Å². The van der Waals surface area contributed by atoms with Gasteiger partial charge in [-0.3, -0.25) is 0 Å². The van der Waals surface area contributed by atoms with Gasteiger partial charge in [0.05, 0.1) is 0 Å². The zero-order valence-electron chi connectivity index (χ0n) is 7.84. The fourth-order valence-electron chi connectivity index (χ4n) is 1.57. The Labute approximate surface area is 70.2 Å². The van der Waals surface area contributed by atoms with Crippen molar-refractivity contribution in [2.45, 2.75) is 19.8 Å². The maximum Gasteiger partial charge on any atom is 0.0109 e. The molecule has 0 N–H and O–H groups in total. The molecule has 1 saturated heterocycles. The number of nitrogens with zero attached hydrogens (tertiary/aromatic N) is 2. The second-order valence-electron chi connectivity index (χ2n) is 3.44. The quantitative estimate of drug-likeness (QED) is 0.559. The zero-order chi connectivity index (χ0) is 8.10. The first-order valence-corrected chi connectivity index (χ1v) is 4.74. The molecule has 0 saturated carbocycles. The highest BCUT2D eigenvalue weighted by Gasteiger charge is 2.07. The molecule has 0 radical (unpaired) electrons. The molecule has 0 aromatic rings. The number of rotatable bonds is 1. The number of hydrogen-bond donors (Lipinski definition) is 0. The summed E-state index contributed by atoms with van der Waals surface area (Å²) >= 11 is 0. The summed E-state index contributed by atoms with van der Waals surface area (Å²) in [6.45, 7) is 8.57. The van der Waals surface area contributed by atoms with Gasteiger partial charge in [0.25, 0.3) is 0 Å². The highest BCUT2D eigenvalue weighted by molar-refractivity contribution is 4.63. The third-order valence-corrected chi connectivity index (χ3v) is 2.51. The van der Waals surface area contributed by atoms with Crippen LogP contribution < -0.4 is 0 Å². The molecular formula is C9H20N2. The van der Waals surface area contributed by atoms with Gasteiger partial charge in [-0.25, -0.2) is 0 Å². The highest BCUT2D eigenvalue weighted by atomic mass is 15.2. The summed E-state index contributed by atoms with van der Waals surface area (Å²) in [6, 6.07) is 0. The largest absolute Gasteiger partial charge is 0.305 e. The molecule has 2 nitrogen and oxygen atoms in total. The first-order valence-electron chi connectivity index (χ1n) is 4.74. The zero-order valence-corrected chi connectivity index (χ0v) is 7.84. The van der Waals surface area contributed by atoms with Crippen molar-refractivity contribution in [3.63, 3.8) is 0 Å². The lowest BCUT2D eigenvalue weighted by molar-refractivity contribution is 0.201. The molecule has 1 fully saturated rings. The van der Waals surface area contributed by atoms with Crippen molar-refractivity contribution in [2.75, 3.05) is 39.8 Å². The van der Waals surface area contributed by atoms with E-state index in [-0.39, 0.29) is 0 Å². The molecule has 1 aliphatic rings. The standard InChI is InChI=1S/C9H20N2/c1-3-11-7-5-4-6-10(2)8-9-11/h3-9H2,1-2H3. The fourth-order valence-corrected chi connectivity index (χ4v) is 1.57. The monoisotopic (exact) mass is 156 g/mol. The summed E-state index contributed by atoms with van der Waals surface area (Å²) in [5.41, 5.74) is 0. The summed E-state index contributed by atoms with van der Waals surface area (Å²) in [5, 5.41) is 0. The van der Waals surface area contributed by atoms with Crippen LogP contribution in [0.3, 0.4) is 0 Å². The van der Waals surface area contributed by atoms with Crippen LogP contribution in [0.15, 0.2) is 0 Å². The predicted octanol–water partition coefficient (Wildman–Crippen LogP) is 1.03. The van der Waals surface area contributed by atoms with E-state index in [1.54, 1.807) is 0 Å². The van der Waals surface area contributed by atoms with Crippen molar-refractivity contribution in [1.82, 2.24) is 9.80 Å². The Bertz CT molecular complexity index is 104. The predicted molar refractivity (Wildman–Crippen MR) is 48.8 cm³/mol. The van der Waals surface area contributed by atoms with Gasteiger partial charge in [0.15, 0.2) is 0 Å². The maximum atomic E-state index is 2.54. The molecule has 11 heavy (non-hydrogen) atoms. The molecule has 2 heteroatoms. The van der Waals surface area contributed by atoms with Crippen LogP contribution in [-0.2, 0) is 0 Å². The van der Waals surface area contributed by atoms with Gasteiger partial charge in [0, 0.05) is 13.1 Å². The van der Waals surface area contributed by atoms with Crippen LogP contribution in [0.1, 0.15) is 19.8 Å². The Morgan fingerprint density at radius 1 is 1.00 bits per heavy atom. The average Bonchev–Trinajstić information content (AvgIpc) is 1.98. The molecule has 66 valence electrons. The van der Waals surface area contributed by atoms with Gasteiger partial charge in [0.1, 0.15) is 0 Å². The van der Waals surface area contributed by atoms with Crippen LogP contribution in [-0.4, -0.2) is 49.6 Å². The molecule has 0 unspecified atom stereocenters. The fraction of sp³-hybridized carbons (Fsp3) is 1.00. The minimum Gasteiger partial charge on any atom is -0.305 e. The molecule has 0 aliphatic carbocycles. The third kappa shape index (κ3) is 3.21. The van der Waals surface area contributed by atoms with E-state index in [0.717, 1.165) is 0 Å². The third-order valence-electron chi connectivity index (χ3n) is 2.51. The summed E-state index contributed by atoms with van der Waals surface area (Å²) < 4.78 is 0. The Balaban J connectivity index is 2.25. The Hall–Kier alpha value is -0.0800. The van der Waals surface area contributed by atoms with E-state index in [1.165, 1.54) is 45.6 Å². The Morgan fingerprint density at radius 2 is 1.73 bits per heavy atom. The van der Waals surface area contributed by atoms with Crippen LogP contribution in [0, 0.1) is 0 Å². The summed E-state index contributed by atoms with van der Waals surface area (Å²) in [7, 11) is 2.22. The van der Waals surface area contributed by atoms with Crippen molar-refractivity contribution in [2.24, 2.45) is 0 Å². The van der Waals surface area contributed by atoms with Gasteiger partial charge in [0.2, 0.25) is 0 Å². The molecule has 0 amide bonds. The van der Waals surface area contributed by atoms with Crippen molar-refractivity contribution in [1.29, 1.82) is 0 Å². The number of hydrogen-bond acceptors (Lipinski definition) is 2. The Kier molecular flexibility index (Phi) is 3.87. The molecule has 0 spiro atoms. The lowest BCUT2D eigenvalue weighted by Gasteiger charge is -2.27. The molecule has 0 aromatic carbocycles. The van der Waals surface area contributed by atoms with Crippen molar-refractivity contribution in [3.05, 3.63) is 0 Å². The smallest absolute Gasteiger partial charge is 0.0109 e. The van der Waals surface area contributed by atoms with Gasteiger partial charge >= 0.3 is 0 Å². The van der Waals surface area contributed by atoms with Crippen molar-refractivity contribution >= 4 is 0 Å². The minimum absolute atomic E-state index is 1.22. The Morgan fingerprint density at radius 3 is 2.45 bits per heavy atom. The maximum absolute atomic E-state index is 2.54. The normalized spacial score (nSPS) is 24.5. The first kappa shape index (κ1) is 9.01. The highest BCUT2D eigenvalue weighted by Crippen LogP contribution is 2.01. The van der Waals surface area contributed by atoms with Crippen LogP contribution >= 0.6 is 0 Å². The summed E-state index contributed by atoms with van der Waals surface area (Å²) in [6.07, 6.45) is 2.74. The molecule has 0 atom stereocenters. The van der Waals surface area contributed by atoms with E-state index < -0.39 is 0 Å². The van der Waals surface area contributed by atoms with Crippen LogP contribution in [0.5, 0.6) is 0 Å². The minimum atomic E-state index is 1.22. The van der Waals surface area contributed by atoms with Crippen LogP contribution in [0.2, 0.25) is 0 Å². The topological polar surface area (TPSA) is 6.48 Å². The lowest BCUT2D eigenvalue weighted by atomic mass is 10.2. The molecule has 0 bridgehead atoms. The second-order valence-corrected chi connectivity index (χ2v) is 3.44. The molecule has 1 rings (SSSR count). The van der Waals surface area contributed by atoms with Crippen molar-refractivity contribution in [3.8, 4) is 0 Å². The molecule has 1 aliphatic heterocycles. The van der Waals surface area contributed by atoms with Crippen LogP contribution in [0.4, 0.5) is 0 Å². The number of likely N-dealkylation sites (N-methyl/N-ethyl adjacent to an activating group) is 2. The van der Waals surface area contributed by atoms with Crippen molar-refractivity contribution < 1.29 is 0 Å². The van der Waals surface area contributed by atoms with Gasteiger partial charge in [-0.05, 0) is 39.5 Å². The van der Waals surface area contributed by atoms with E-state index in [2.05, 4.69) is 23.8 Å². The van der Waals surface area contributed by atoms with E-state index in [0.29, 0.717) is 0 Å². The second kappa shape index (κ2) is 4.73. The molecule has 0 aromatic heterocycles. The summed E-state index contributed by atoms with van der Waals surface area (Å²) in [4.78, 5) is 4.97. The average molecular weight is 156 g/mol. The summed E-state index contributed by atoms with van der Waals surface area (Å²) in [5.74, 6) is 0. The first-order chi connectivity index (χ1) is 5.33.